The van der Waals surface area contributed by atoms with E-state index in [1.807, 2.05) is 12.3 Å². The first kappa shape index (κ1) is 6.61. The first-order chi connectivity index (χ1) is 5.47. The molecule has 3 nitrogen and oxygen atoms in total. The molecular weight excluding hydrogens is 138 g/mol. The van der Waals surface area contributed by atoms with E-state index in [2.05, 4.69) is 21.5 Å². The van der Waals surface area contributed by atoms with Gasteiger partial charge >= 0.3 is 0 Å². The third-order valence-corrected chi connectivity index (χ3v) is 1.82. The molecular formula is C8H11N3. The van der Waals surface area contributed by atoms with Crippen LogP contribution in [0.25, 0.3) is 0 Å². The van der Waals surface area contributed by atoms with E-state index in [0.29, 0.717) is 0 Å². The van der Waals surface area contributed by atoms with Crippen molar-refractivity contribution in [2.24, 2.45) is 0 Å². The van der Waals surface area contributed by atoms with Gasteiger partial charge in [0.05, 0.1) is 11.9 Å². The van der Waals surface area contributed by atoms with Gasteiger partial charge in [0.25, 0.3) is 0 Å². The summed E-state index contributed by atoms with van der Waals surface area (Å²) >= 11 is 0. The molecule has 2 rings (SSSR count). The molecule has 0 aromatic carbocycles. The van der Waals surface area contributed by atoms with E-state index < -0.39 is 0 Å². The summed E-state index contributed by atoms with van der Waals surface area (Å²) in [5, 5.41) is 2.13. The Morgan fingerprint density at radius 3 is 3.18 bits per heavy atom. The number of hydrogen-bond acceptors (Lipinski definition) is 3. The highest BCUT2D eigenvalue weighted by Crippen LogP contribution is 2.11. The van der Waals surface area contributed by atoms with Gasteiger partial charge in [0, 0.05) is 19.3 Å². The van der Waals surface area contributed by atoms with Crippen LogP contribution in [0, 0.1) is 0 Å². The van der Waals surface area contributed by atoms with Crippen LogP contribution < -0.4 is 10.4 Å². The number of nitrogens with zero attached hydrogens (tertiary/aromatic N) is 2. The van der Waals surface area contributed by atoms with Crippen LogP contribution in [0.3, 0.4) is 0 Å². The number of hydrogen-bond donors (Lipinski definition) is 1. The molecule has 1 N–H and O–H groups in total. The standard InChI is InChI=1S/C8H11N3/c1-3-8(7-9-4-1)11-6-2-5-10-11/h1,3-4,7,10H,2,5-6H2. The number of aromatic nitrogens is 1. The van der Waals surface area contributed by atoms with Crippen molar-refractivity contribution in [2.45, 2.75) is 6.42 Å². The number of rotatable bonds is 1. The molecule has 0 radical (unpaired) electrons. The predicted octanol–water partition coefficient (Wildman–Crippen LogP) is 0.796. The van der Waals surface area contributed by atoms with E-state index in [4.69, 9.17) is 0 Å². The molecule has 11 heavy (non-hydrogen) atoms. The molecule has 3 heteroatoms. The van der Waals surface area contributed by atoms with E-state index in [9.17, 15) is 0 Å². The normalized spacial score (nSPS) is 17.3. The fourth-order valence-electron chi connectivity index (χ4n) is 1.26. The average molecular weight is 149 g/mol. The molecule has 1 aliphatic rings. The summed E-state index contributed by atoms with van der Waals surface area (Å²) in [4.78, 5) is 4.05. The monoisotopic (exact) mass is 149 g/mol. The minimum absolute atomic E-state index is 1.08. The van der Waals surface area contributed by atoms with Gasteiger partial charge in [-0.25, -0.2) is 5.43 Å². The lowest BCUT2D eigenvalue weighted by molar-refractivity contribution is 0.785. The van der Waals surface area contributed by atoms with E-state index in [0.717, 1.165) is 18.8 Å². The Labute approximate surface area is 66.0 Å². The third-order valence-electron chi connectivity index (χ3n) is 1.82. The van der Waals surface area contributed by atoms with E-state index in [-0.39, 0.29) is 0 Å². The molecule has 58 valence electrons. The third kappa shape index (κ3) is 1.33. The maximum Gasteiger partial charge on any atom is 0.0702 e. The zero-order valence-corrected chi connectivity index (χ0v) is 6.33. The fraction of sp³-hybridized carbons (Fsp3) is 0.375. The Hall–Kier alpha value is -1.09. The van der Waals surface area contributed by atoms with Crippen LogP contribution in [0.1, 0.15) is 6.42 Å². The lowest BCUT2D eigenvalue weighted by Gasteiger charge is -2.16. The van der Waals surface area contributed by atoms with Crippen molar-refractivity contribution >= 4 is 5.69 Å². The summed E-state index contributed by atoms with van der Waals surface area (Å²) in [5.74, 6) is 0. The number of hydrazine groups is 1. The smallest absolute Gasteiger partial charge is 0.0702 e. The Bertz CT molecular complexity index is 216. The topological polar surface area (TPSA) is 28.2 Å². The SMILES string of the molecule is c1cncc(N2CCCN2)c1. The summed E-state index contributed by atoms with van der Waals surface area (Å²) in [6.45, 7) is 2.17. The van der Waals surface area contributed by atoms with Crippen molar-refractivity contribution in [1.82, 2.24) is 10.4 Å². The number of pyridine rings is 1. The van der Waals surface area contributed by atoms with Crippen LogP contribution in [0.5, 0.6) is 0 Å². The van der Waals surface area contributed by atoms with Gasteiger partial charge in [-0.1, -0.05) is 0 Å². The molecule has 0 aliphatic carbocycles. The fourth-order valence-corrected chi connectivity index (χ4v) is 1.26. The minimum Gasteiger partial charge on any atom is -0.307 e. The van der Waals surface area contributed by atoms with Gasteiger partial charge in [-0.3, -0.25) is 4.98 Å². The van der Waals surface area contributed by atoms with E-state index in [1.54, 1.807) is 6.20 Å². The minimum atomic E-state index is 1.08. The summed E-state index contributed by atoms with van der Waals surface area (Å²) in [6, 6.07) is 4.01. The Morgan fingerprint density at radius 2 is 2.55 bits per heavy atom. The summed E-state index contributed by atoms with van der Waals surface area (Å²) < 4.78 is 0. The van der Waals surface area contributed by atoms with E-state index in [1.165, 1.54) is 6.42 Å². The first-order valence-electron chi connectivity index (χ1n) is 3.88. The lowest BCUT2D eigenvalue weighted by Crippen LogP contribution is -2.30. The maximum absolute atomic E-state index is 4.05. The molecule has 0 atom stereocenters. The highest BCUT2D eigenvalue weighted by atomic mass is 15.5. The van der Waals surface area contributed by atoms with Crippen molar-refractivity contribution in [3.05, 3.63) is 24.5 Å². The second kappa shape index (κ2) is 2.88. The van der Waals surface area contributed by atoms with Crippen molar-refractivity contribution in [2.75, 3.05) is 18.1 Å². The Kier molecular flexibility index (Phi) is 1.73. The second-order valence-corrected chi connectivity index (χ2v) is 2.62. The lowest BCUT2D eigenvalue weighted by atomic mass is 10.4. The molecule has 0 spiro atoms. The van der Waals surface area contributed by atoms with Gasteiger partial charge in [0.2, 0.25) is 0 Å². The van der Waals surface area contributed by atoms with E-state index >= 15 is 0 Å². The van der Waals surface area contributed by atoms with Crippen molar-refractivity contribution in [1.29, 1.82) is 0 Å². The average Bonchev–Trinajstić information content (AvgIpc) is 2.58. The van der Waals surface area contributed by atoms with Crippen LogP contribution in [-0.2, 0) is 0 Å². The molecule has 0 amide bonds. The van der Waals surface area contributed by atoms with Gasteiger partial charge < -0.3 is 5.01 Å². The van der Waals surface area contributed by atoms with Gasteiger partial charge in [0.15, 0.2) is 0 Å². The van der Waals surface area contributed by atoms with Crippen molar-refractivity contribution < 1.29 is 0 Å². The number of nitrogens with one attached hydrogen (secondary N) is 1. The zero-order chi connectivity index (χ0) is 7.52. The van der Waals surface area contributed by atoms with Gasteiger partial charge in [0.1, 0.15) is 0 Å². The molecule has 1 aromatic rings. The molecule has 1 aromatic heterocycles. The van der Waals surface area contributed by atoms with Crippen LogP contribution in [0.2, 0.25) is 0 Å². The summed E-state index contributed by atoms with van der Waals surface area (Å²) in [7, 11) is 0. The molecule has 0 unspecified atom stereocenters. The molecule has 1 saturated heterocycles. The van der Waals surface area contributed by atoms with Gasteiger partial charge in [-0.2, -0.15) is 0 Å². The molecule has 1 aliphatic heterocycles. The van der Waals surface area contributed by atoms with Crippen LogP contribution >= 0.6 is 0 Å². The molecule has 2 heterocycles. The Balaban J connectivity index is 2.16. The maximum atomic E-state index is 4.05. The van der Waals surface area contributed by atoms with Gasteiger partial charge in [-0.15, -0.1) is 0 Å². The molecule has 1 fully saturated rings. The molecule has 0 saturated carbocycles. The first-order valence-corrected chi connectivity index (χ1v) is 3.88. The summed E-state index contributed by atoms with van der Waals surface area (Å²) in [6.07, 6.45) is 4.88. The van der Waals surface area contributed by atoms with Crippen LogP contribution in [0.4, 0.5) is 5.69 Å². The second-order valence-electron chi connectivity index (χ2n) is 2.62. The zero-order valence-electron chi connectivity index (χ0n) is 6.33. The quantitative estimate of drug-likeness (QED) is 0.640. The highest BCUT2D eigenvalue weighted by molar-refractivity contribution is 5.42. The summed E-state index contributed by atoms with van der Waals surface area (Å²) in [5.41, 5.74) is 4.42. The van der Waals surface area contributed by atoms with Crippen molar-refractivity contribution in [3.8, 4) is 0 Å². The largest absolute Gasteiger partial charge is 0.307 e. The van der Waals surface area contributed by atoms with Crippen molar-refractivity contribution in [3.63, 3.8) is 0 Å². The Morgan fingerprint density at radius 1 is 1.55 bits per heavy atom. The number of anilines is 1. The van der Waals surface area contributed by atoms with Gasteiger partial charge in [-0.05, 0) is 18.6 Å². The highest BCUT2D eigenvalue weighted by Gasteiger charge is 2.10. The molecule has 0 bridgehead atoms. The van der Waals surface area contributed by atoms with Crippen LogP contribution in [-0.4, -0.2) is 18.1 Å². The van der Waals surface area contributed by atoms with Crippen LogP contribution in [0.15, 0.2) is 24.5 Å². The predicted molar refractivity (Wildman–Crippen MR) is 44.2 cm³/mol.